The second-order valence-corrected chi connectivity index (χ2v) is 7.85. The van der Waals surface area contributed by atoms with Gasteiger partial charge in [-0.15, -0.1) is 11.3 Å². The molecule has 2 heterocycles. The van der Waals surface area contributed by atoms with E-state index in [0.29, 0.717) is 18.7 Å². The number of benzene rings is 2. The van der Waals surface area contributed by atoms with E-state index in [9.17, 15) is 9.59 Å². The van der Waals surface area contributed by atoms with Gasteiger partial charge in [-0.2, -0.15) is 0 Å². The van der Waals surface area contributed by atoms with Crippen molar-refractivity contribution in [2.45, 2.75) is 18.9 Å². The molecule has 2 amide bonds. The van der Waals surface area contributed by atoms with Gasteiger partial charge in [-0.1, -0.05) is 30.3 Å². The molecule has 1 aliphatic rings. The average molecular weight is 391 g/mol. The molecule has 0 spiro atoms. The van der Waals surface area contributed by atoms with Gasteiger partial charge in [0.2, 0.25) is 5.91 Å². The molecule has 0 saturated carbocycles. The van der Waals surface area contributed by atoms with E-state index >= 15 is 0 Å². The molecule has 4 rings (SSSR count). The largest absolute Gasteiger partial charge is 0.349 e. The lowest BCUT2D eigenvalue weighted by atomic mass is 10.0. The number of likely N-dealkylation sites (tertiary alicyclic amines) is 1. The fourth-order valence-electron chi connectivity index (χ4n) is 3.31. The predicted octanol–water partition coefficient (Wildman–Crippen LogP) is 3.73. The first kappa shape index (κ1) is 18.4. The number of rotatable bonds is 4. The summed E-state index contributed by atoms with van der Waals surface area (Å²) in [7, 11) is 0. The van der Waals surface area contributed by atoms with Gasteiger partial charge in [0.15, 0.2) is 0 Å². The smallest absolute Gasteiger partial charge is 0.251 e. The first-order chi connectivity index (χ1) is 13.7. The zero-order valence-corrected chi connectivity index (χ0v) is 16.2. The zero-order valence-electron chi connectivity index (χ0n) is 15.4. The van der Waals surface area contributed by atoms with E-state index in [4.69, 9.17) is 0 Å². The van der Waals surface area contributed by atoms with Crippen LogP contribution in [0.2, 0.25) is 0 Å². The van der Waals surface area contributed by atoms with Crippen molar-refractivity contribution in [1.29, 1.82) is 0 Å². The van der Waals surface area contributed by atoms with Crippen molar-refractivity contribution in [3.63, 3.8) is 0 Å². The first-order valence-corrected chi connectivity index (χ1v) is 10.2. The number of amides is 2. The van der Waals surface area contributed by atoms with Crippen LogP contribution in [-0.2, 0) is 4.79 Å². The summed E-state index contributed by atoms with van der Waals surface area (Å²) in [6.45, 7) is 1.28. The molecule has 0 bridgehead atoms. The van der Waals surface area contributed by atoms with Gasteiger partial charge in [0.1, 0.15) is 5.01 Å². The predicted molar refractivity (Wildman–Crippen MR) is 112 cm³/mol. The number of piperidine rings is 1. The third-order valence-electron chi connectivity index (χ3n) is 4.86. The Morgan fingerprint density at radius 1 is 1.04 bits per heavy atom. The number of para-hydroxylation sites is 1. The Kier molecular flexibility index (Phi) is 5.48. The van der Waals surface area contributed by atoms with Gasteiger partial charge in [-0.05, 0) is 43.2 Å². The molecule has 2 aromatic carbocycles. The summed E-state index contributed by atoms with van der Waals surface area (Å²) in [6, 6.07) is 17.3. The first-order valence-electron chi connectivity index (χ1n) is 9.37. The number of hydrogen-bond donors (Lipinski definition) is 1. The Labute approximate surface area is 167 Å². The molecule has 0 radical (unpaired) electrons. The van der Waals surface area contributed by atoms with Crippen LogP contribution >= 0.6 is 11.3 Å². The van der Waals surface area contributed by atoms with Gasteiger partial charge in [-0.25, -0.2) is 4.98 Å². The Balaban J connectivity index is 1.29. The van der Waals surface area contributed by atoms with Gasteiger partial charge in [0, 0.05) is 30.8 Å². The summed E-state index contributed by atoms with van der Waals surface area (Å²) in [4.78, 5) is 31.1. The highest BCUT2D eigenvalue weighted by Crippen LogP contribution is 2.22. The molecule has 1 fully saturated rings. The quantitative estimate of drug-likeness (QED) is 0.690. The summed E-state index contributed by atoms with van der Waals surface area (Å²) in [5.74, 6) is -0.0619. The molecule has 1 saturated heterocycles. The Morgan fingerprint density at radius 2 is 1.75 bits per heavy atom. The molecule has 0 unspecified atom stereocenters. The maximum Gasteiger partial charge on any atom is 0.251 e. The number of carbonyl (C=O) groups is 2. The molecule has 0 aliphatic carbocycles. The fourth-order valence-corrected chi connectivity index (χ4v) is 4.18. The SMILES string of the molecule is O=C(NC1CCN(C(=O)/C=C/c2nc3ccccc3s2)CC1)c1ccccc1. The van der Waals surface area contributed by atoms with Crippen LogP contribution < -0.4 is 5.32 Å². The normalized spacial score (nSPS) is 15.2. The Bertz CT molecular complexity index is 972. The number of fused-ring (bicyclic) bond motifs is 1. The van der Waals surface area contributed by atoms with Crippen LogP contribution in [-0.4, -0.2) is 40.8 Å². The lowest BCUT2D eigenvalue weighted by Gasteiger charge is -2.31. The minimum absolute atomic E-state index is 0.00732. The molecule has 1 aromatic heterocycles. The van der Waals surface area contributed by atoms with Crippen molar-refractivity contribution in [1.82, 2.24) is 15.2 Å². The Hall–Kier alpha value is -2.99. The number of hydrogen-bond acceptors (Lipinski definition) is 4. The number of thiazole rings is 1. The maximum absolute atomic E-state index is 12.5. The number of aromatic nitrogens is 1. The molecule has 6 heteroatoms. The van der Waals surface area contributed by atoms with Gasteiger partial charge in [0.05, 0.1) is 10.2 Å². The third-order valence-corrected chi connectivity index (χ3v) is 5.86. The summed E-state index contributed by atoms with van der Waals surface area (Å²) in [5, 5.41) is 3.90. The lowest BCUT2D eigenvalue weighted by molar-refractivity contribution is -0.126. The van der Waals surface area contributed by atoms with Crippen LogP contribution in [0.4, 0.5) is 0 Å². The highest BCUT2D eigenvalue weighted by molar-refractivity contribution is 7.19. The number of nitrogens with zero attached hydrogens (tertiary/aromatic N) is 2. The number of carbonyl (C=O) groups excluding carboxylic acids is 2. The second kappa shape index (κ2) is 8.35. The van der Waals surface area contributed by atoms with E-state index in [1.54, 1.807) is 35.6 Å². The van der Waals surface area contributed by atoms with Gasteiger partial charge < -0.3 is 10.2 Å². The fraction of sp³-hybridized carbons (Fsp3) is 0.227. The summed E-state index contributed by atoms with van der Waals surface area (Å²) in [6.07, 6.45) is 4.91. The van der Waals surface area contributed by atoms with E-state index in [-0.39, 0.29) is 17.9 Å². The van der Waals surface area contributed by atoms with E-state index in [1.807, 2.05) is 47.4 Å². The molecule has 1 aliphatic heterocycles. The Morgan fingerprint density at radius 3 is 2.50 bits per heavy atom. The monoisotopic (exact) mass is 391 g/mol. The molecule has 0 atom stereocenters. The summed E-state index contributed by atoms with van der Waals surface area (Å²) in [5.41, 5.74) is 1.62. The van der Waals surface area contributed by atoms with Crippen LogP contribution in [0.5, 0.6) is 0 Å². The van der Waals surface area contributed by atoms with Crippen molar-refractivity contribution in [2.75, 3.05) is 13.1 Å². The van der Waals surface area contributed by atoms with E-state index in [0.717, 1.165) is 28.1 Å². The van der Waals surface area contributed by atoms with Gasteiger partial charge in [-0.3, -0.25) is 9.59 Å². The third kappa shape index (κ3) is 4.28. The van der Waals surface area contributed by atoms with Crippen molar-refractivity contribution >= 4 is 39.4 Å². The van der Waals surface area contributed by atoms with Crippen LogP contribution in [0, 0.1) is 0 Å². The topological polar surface area (TPSA) is 62.3 Å². The van der Waals surface area contributed by atoms with Gasteiger partial charge >= 0.3 is 0 Å². The molecule has 3 aromatic rings. The maximum atomic E-state index is 12.5. The number of nitrogens with one attached hydrogen (secondary N) is 1. The second-order valence-electron chi connectivity index (χ2n) is 6.79. The molecule has 28 heavy (non-hydrogen) atoms. The van der Waals surface area contributed by atoms with Crippen molar-refractivity contribution < 1.29 is 9.59 Å². The highest BCUT2D eigenvalue weighted by atomic mass is 32.1. The van der Waals surface area contributed by atoms with Crippen LogP contribution in [0.1, 0.15) is 28.2 Å². The molecule has 1 N–H and O–H groups in total. The standard InChI is InChI=1S/C22H21N3O2S/c26-21(11-10-20-24-18-8-4-5-9-19(18)28-20)25-14-12-17(13-15-25)23-22(27)16-6-2-1-3-7-16/h1-11,17H,12-15H2,(H,23,27)/b11-10+. The summed E-state index contributed by atoms with van der Waals surface area (Å²) >= 11 is 1.57. The molecule has 5 nitrogen and oxygen atoms in total. The highest BCUT2D eigenvalue weighted by Gasteiger charge is 2.23. The van der Waals surface area contributed by atoms with Crippen molar-refractivity contribution in [3.8, 4) is 0 Å². The molecule has 142 valence electrons. The zero-order chi connectivity index (χ0) is 19.3. The lowest BCUT2D eigenvalue weighted by Crippen LogP contribution is -2.46. The minimum Gasteiger partial charge on any atom is -0.349 e. The minimum atomic E-state index is -0.0545. The van der Waals surface area contributed by atoms with Crippen LogP contribution in [0.3, 0.4) is 0 Å². The van der Waals surface area contributed by atoms with Crippen LogP contribution in [0.25, 0.3) is 16.3 Å². The van der Waals surface area contributed by atoms with E-state index in [1.165, 1.54) is 0 Å². The van der Waals surface area contributed by atoms with E-state index < -0.39 is 0 Å². The summed E-state index contributed by atoms with van der Waals surface area (Å²) < 4.78 is 1.12. The van der Waals surface area contributed by atoms with Crippen molar-refractivity contribution in [3.05, 3.63) is 71.2 Å². The van der Waals surface area contributed by atoms with E-state index in [2.05, 4.69) is 10.3 Å². The average Bonchev–Trinajstić information content (AvgIpc) is 3.16. The van der Waals surface area contributed by atoms with Gasteiger partial charge in [0.25, 0.3) is 5.91 Å². The molecular weight excluding hydrogens is 370 g/mol. The van der Waals surface area contributed by atoms with Crippen molar-refractivity contribution in [2.24, 2.45) is 0 Å². The molecular formula is C22H21N3O2S. The van der Waals surface area contributed by atoms with Crippen LogP contribution in [0.15, 0.2) is 60.7 Å².